The molecule has 0 saturated heterocycles. The fraction of sp³-hybridized carbons (Fsp3) is 0.0222. The molecule has 1 N–H and O–H groups in total. The van der Waals surface area contributed by atoms with Crippen molar-refractivity contribution in [1.82, 2.24) is 9.88 Å². The second-order valence-electron chi connectivity index (χ2n) is 13.0. The molecule has 4 heterocycles. The Morgan fingerprint density at radius 1 is 0.451 bits per heavy atom. The van der Waals surface area contributed by atoms with E-state index in [1.54, 1.807) is 0 Å². The number of fused-ring (bicyclic) bond motifs is 12. The molecule has 0 spiro atoms. The molecule has 0 amide bonds. The minimum absolute atomic E-state index is 0.546. The average molecular weight is 689 g/mol. The Kier molecular flexibility index (Phi) is 6.32. The maximum Gasteiger partial charge on any atom is 0.225 e. The van der Waals surface area contributed by atoms with Crippen LogP contribution in [0, 0.1) is 0 Å². The van der Waals surface area contributed by atoms with Crippen molar-refractivity contribution in [3.8, 4) is 11.1 Å². The summed E-state index contributed by atoms with van der Waals surface area (Å²) in [5.41, 5.74) is 6.67. The van der Waals surface area contributed by atoms with Gasteiger partial charge in [-0.2, -0.15) is 0 Å². The Labute approximate surface area is 301 Å². The van der Waals surface area contributed by atoms with Gasteiger partial charge in [-0.05, 0) is 35.4 Å². The summed E-state index contributed by atoms with van der Waals surface area (Å²) in [4.78, 5) is 10.9. The highest BCUT2D eigenvalue weighted by molar-refractivity contribution is 7.30. The zero-order chi connectivity index (χ0) is 33.5. The van der Waals surface area contributed by atoms with E-state index in [-0.39, 0.29) is 0 Å². The zero-order valence-electron chi connectivity index (χ0n) is 27.2. The Morgan fingerprint density at radius 3 is 1.75 bits per heavy atom. The number of aliphatic imine (C=N–C) groups is 2. The zero-order valence-corrected chi connectivity index (χ0v) is 28.9. The largest absolute Gasteiger partial charge is 0.324 e. The van der Waals surface area contributed by atoms with E-state index in [2.05, 4.69) is 162 Å². The molecule has 10 aromatic rings. The SMILES string of the molecule is c1ccc(C2=NC(n3c4ccccc4c4c5c6ccccc6sc5c5c6ccccc6sc5c43)N=C(c3cccc(-c4ccccc4)c3)N2)cc1. The average Bonchev–Trinajstić information content (AvgIpc) is 3.88. The summed E-state index contributed by atoms with van der Waals surface area (Å²) < 4.78 is 7.62. The van der Waals surface area contributed by atoms with Gasteiger partial charge in [-0.1, -0.05) is 133 Å². The lowest BCUT2D eigenvalue weighted by Gasteiger charge is -2.24. The standard InChI is InChI=1S/C45H28N4S2/c1-3-14-27(15-4-1)29-18-13-19-30(26-29)44-46-43(28-16-5-2-6-17-28)47-45(48-44)49-34-23-10-7-20-31(34)37-38-32-21-8-11-24-35(32)50-41(38)39-33-22-9-12-25-36(33)51-42(39)40(37)49/h1-26,45H,(H,46,47,48). The molecule has 51 heavy (non-hydrogen) atoms. The van der Waals surface area contributed by atoms with Gasteiger partial charge in [0.05, 0.1) is 15.7 Å². The van der Waals surface area contributed by atoms with E-state index < -0.39 is 6.29 Å². The molecule has 1 aliphatic rings. The van der Waals surface area contributed by atoms with Gasteiger partial charge >= 0.3 is 0 Å². The maximum atomic E-state index is 5.48. The first kappa shape index (κ1) is 28.7. The van der Waals surface area contributed by atoms with Crippen molar-refractivity contribution in [2.75, 3.05) is 0 Å². The number of thiophene rings is 2. The molecule has 0 radical (unpaired) electrons. The summed E-state index contributed by atoms with van der Waals surface area (Å²) in [5.74, 6) is 1.60. The van der Waals surface area contributed by atoms with Crippen LogP contribution in [0.3, 0.4) is 0 Å². The number of hydrogen-bond donors (Lipinski definition) is 1. The van der Waals surface area contributed by atoms with Crippen molar-refractivity contribution in [1.29, 1.82) is 0 Å². The van der Waals surface area contributed by atoms with Gasteiger partial charge in [0.2, 0.25) is 6.29 Å². The lowest BCUT2D eigenvalue weighted by Crippen LogP contribution is -2.36. The van der Waals surface area contributed by atoms with E-state index in [0.29, 0.717) is 0 Å². The molecule has 0 saturated carbocycles. The van der Waals surface area contributed by atoms with Crippen LogP contribution >= 0.6 is 22.7 Å². The first-order valence-corrected chi connectivity index (χ1v) is 18.7. The number of rotatable bonds is 4. The fourth-order valence-electron chi connectivity index (χ4n) is 7.80. The highest BCUT2D eigenvalue weighted by atomic mass is 32.1. The van der Waals surface area contributed by atoms with Crippen molar-refractivity contribution in [3.63, 3.8) is 0 Å². The van der Waals surface area contributed by atoms with Gasteiger partial charge in [0.1, 0.15) is 11.7 Å². The second kappa shape index (κ2) is 11.2. The van der Waals surface area contributed by atoms with E-state index in [1.807, 2.05) is 28.7 Å². The third-order valence-corrected chi connectivity index (χ3v) is 12.4. The summed E-state index contributed by atoms with van der Waals surface area (Å²) >= 11 is 3.78. The van der Waals surface area contributed by atoms with Crippen LogP contribution in [0.25, 0.3) is 73.3 Å². The number of amidine groups is 2. The minimum Gasteiger partial charge on any atom is -0.324 e. The summed E-state index contributed by atoms with van der Waals surface area (Å²) in [7, 11) is 0. The van der Waals surface area contributed by atoms with Gasteiger partial charge in [0.25, 0.3) is 0 Å². The van der Waals surface area contributed by atoms with Gasteiger partial charge in [0, 0.05) is 57.5 Å². The molecule has 1 atom stereocenters. The van der Waals surface area contributed by atoms with Crippen LogP contribution in [-0.2, 0) is 0 Å². The van der Waals surface area contributed by atoms with Crippen molar-refractivity contribution >= 4 is 96.5 Å². The summed E-state index contributed by atoms with van der Waals surface area (Å²) in [5, 5.41) is 11.4. The molecule has 240 valence electrons. The number of hydrogen-bond acceptors (Lipinski definition) is 5. The quantitative estimate of drug-likeness (QED) is 0.196. The van der Waals surface area contributed by atoms with Gasteiger partial charge in [-0.25, -0.2) is 9.98 Å². The van der Waals surface area contributed by atoms with Crippen molar-refractivity contribution in [3.05, 3.63) is 169 Å². The molecule has 1 aliphatic heterocycles. The van der Waals surface area contributed by atoms with Crippen LogP contribution in [0.5, 0.6) is 0 Å². The summed E-state index contributed by atoms with van der Waals surface area (Å²) in [6.07, 6.45) is -0.546. The predicted molar refractivity (Wildman–Crippen MR) is 219 cm³/mol. The number of aromatic nitrogens is 1. The fourth-order valence-corrected chi connectivity index (χ4v) is 10.4. The van der Waals surface area contributed by atoms with E-state index in [1.165, 1.54) is 62.2 Å². The molecule has 4 nitrogen and oxygen atoms in total. The number of benzene rings is 7. The van der Waals surface area contributed by atoms with E-state index in [0.717, 1.165) is 33.9 Å². The van der Waals surface area contributed by atoms with Crippen molar-refractivity contribution in [2.24, 2.45) is 9.98 Å². The Morgan fingerprint density at radius 2 is 1.00 bits per heavy atom. The van der Waals surface area contributed by atoms with Gasteiger partial charge in [0.15, 0.2) is 0 Å². The number of nitrogens with zero attached hydrogens (tertiary/aromatic N) is 3. The molecule has 0 fully saturated rings. The van der Waals surface area contributed by atoms with Crippen LogP contribution in [-0.4, -0.2) is 16.2 Å². The molecule has 1 unspecified atom stereocenters. The summed E-state index contributed by atoms with van der Waals surface area (Å²) in [6, 6.07) is 56.1. The first-order chi connectivity index (χ1) is 25.3. The Bertz CT molecular complexity index is 3060. The van der Waals surface area contributed by atoms with Gasteiger partial charge < -0.3 is 5.32 Å². The number of nitrogens with one attached hydrogen (secondary N) is 1. The Hall–Kier alpha value is -6.08. The van der Waals surface area contributed by atoms with E-state index >= 15 is 0 Å². The smallest absolute Gasteiger partial charge is 0.225 e. The highest BCUT2D eigenvalue weighted by Crippen LogP contribution is 2.52. The van der Waals surface area contributed by atoms with Crippen LogP contribution < -0.4 is 5.32 Å². The molecule has 7 aromatic carbocycles. The first-order valence-electron chi connectivity index (χ1n) is 17.1. The van der Waals surface area contributed by atoms with Crippen LogP contribution in [0.4, 0.5) is 0 Å². The predicted octanol–water partition coefficient (Wildman–Crippen LogP) is 12.2. The molecule has 11 rings (SSSR count). The summed E-state index contributed by atoms with van der Waals surface area (Å²) in [6.45, 7) is 0. The molecule has 3 aromatic heterocycles. The van der Waals surface area contributed by atoms with Crippen molar-refractivity contribution < 1.29 is 0 Å². The maximum absolute atomic E-state index is 5.48. The molecular weight excluding hydrogens is 661 g/mol. The highest BCUT2D eigenvalue weighted by Gasteiger charge is 2.28. The minimum atomic E-state index is -0.546. The molecule has 0 aliphatic carbocycles. The van der Waals surface area contributed by atoms with Crippen LogP contribution in [0.2, 0.25) is 0 Å². The topological polar surface area (TPSA) is 41.7 Å². The third-order valence-electron chi connectivity index (χ3n) is 10.0. The molecule has 0 bridgehead atoms. The lowest BCUT2D eigenvalue weighted by atomic mass is 10.0. The van der Waals surface area contributed by atoms with E-state index in [9.17, 15) is 0 Å². The van der Waals surface area contributed by atoms with Gasteiger partial charge in [-0.3, -0.25) is 4.57 Å². The normalized spacial score (nSPS) is 14.9. The number of para-hydroxylation sites is 1. The Balaban J connectivity index is 1.26. The van der Waals surface area contributed by atoms with E-state index in [4.69, 9.17) is 9.98 Å². The monoisotopic (exact) mass is 688 g/mol. The molecular formula is C45H28N4S2. The van der Waals surface area contributed by atoms with Crippen LogP contribution in [0.15, 0.2) is 168 Å². The third kappa shape index (κ3) is 4.37. The lowest BCUT2D eigenvalue weighted by molar-refractivity contribution is 0.576. The van der Waals surface area contributed by atoms with Crippen molar-refractivity contribution in [2.45, 2.75) is 6.29 Å². The second-order valence-corrected chi connectivity index (χ2v) is 15.1. The van der Waals surface area contributed by atoms with Gasteiger partial charge in [-0.15, -0.1) is 22.7 Å². The molecule has 6 heteroatoms. The van der Waals surface area contributed by atoms with Crippen LogP contribution in [0.1, 0.15) is 17.4 Å².